The quantitative estimate of drug-likeness (QED) is 0.0342. The minimum absolute atomic E-state index is 0. The molecule has 12 nitrogen and oxygen atoms in total. The number of unbranched alkanes of at least 4 members (excludes halogenated alkanes) is 4. The third-order valence-electron chi connectivity index (χ3n) is 8.80. The molecule has 0 aliphatic heterocycles. The maximum absolute atomic E-state index is 11.6. The van der Waals surface area contributed by atoms with Gasteiger partial charge in [-0.05, 0) is 25.7 Å². The van der Waals surface area contributed by atoms with Gasteiger partial charge in [-0.2, -0.15) is 0 Å². The number of hydrogen-bond acceptors (Lipinski definition) is 8. The zero-order chi connectivity index (χ0) is 35.8. The topological polar surface area (TPSA) is 195 Å². The maximum Gasteiger partial charge on any atom is 2.00 e. The van der Waals surface area contributed by atoms with Crippen LogP contribution in [0.5, 0.6) is 0 Å². The van der Waals surface area contributed by atoms with Gasteiger partial charge in [0.05, 0.1) is 25.0 Å². The monoisotopic (exact) mass is 698 g/mol. The van der Waals surface area contributed by atoms with E-state index in [1.165, 1.54) is 0 Å². The molecule has 268 valence electrons. The maximum atomic E-state index is 11.6. The van der Waals surface area contributed by atoms with E-state index in [1.807, 2.05) is 12.2 Å². The molecule has 0 spiro atoms. The molecule has 0 bridgehead atoms. The van der Waals surface area contributed by atoms with Gasteiger partial charge < -0.3 is 40.2 Å². The predicted molar refractivity (Wildman–Crippen MR) is 178 cm³/mol. The molecule has 6 unspecified atom stereocenters. The second-order valence-electron chi connectivity index (χ2n) is 11.8. The van der Waals surface area contributed by atoms with Crippen molar-refractivity contribution in [3.63, 3.8) is 0 Å². The summed E-state index contributed by atoms with van der Waals surface area (Å²) in [5, 5.41) is 61.8. The summed E-state index contributed by atoms with van der Waals surface area (Å²) in [5.41, 5.74) is 0. The second kappa shape index (κ2) is 28.3. The first-order chi connectivity index (χ1) is 21.8. The Balaban J connectivity index is -0.000000807. The summed E-state index contributed by atoms with van der Waals surface area (Å²) < 4.78 is -0.738. The van der Waals surface area contributed by atoms with E-state index in [2.05, 4.69) is 26.0 Å². The minimum atomic E-state index is -1.30. The van der Waals surface area contributed by atoms with Crippen LogP contribution in [0, 0.1) is 0 Å². The molecular formula is C34H62CaN2O10+2. The number of nitrogens with zero attached hydrogens (tertiary/aromatic N) is 2. The molecule has 0 rings (SSSR count). The van der Waals surface area contributed by atoms with Gasteiger partial charge in [-0.25, -0.2) is 9.59 Å². The molecule has 4 N–H and O–H groups in total. The van der Waals surface area contributed by atoms with Gasteiger partial charge in [-0.3, -0.25) is 8.97 Å². The summed E-state index contributed by atoms with van der Waals surface area (Å²) in [7, 11) is 0. The Labute approximate surface area is 312 Å². The molecule has 0 aromatic rings. The van der Waals surface area contributed by atoms with Gasteiger partial charge in [0.1, 0.15) is 12.1 Å². The Hall–Kier alpha value is -1.54. The number of carboxylic acids is 4. The fraction of sp³-hybridized carbons (Fsp3) is 0.765. The fourth-order valence-corrected chi connectivity index (χ4v) is 6.40. The Morgan fingerprint density at radius 1 is 0.553 bits per heavy atom. The molecule has 13 heteroatoms. The van der Waals surface area contributed by atoms with E-state index < -0.39 is 61.5 Å². The number of aliphatic hydroxyl groups is 2. The van der Waals surface area contributed by atoms with Crippen LogP contribution >= 0.6 is 0 Å². The van der Waals surface area contributed by atoms with Crippen molar-refractivity contribution in [2.75, 3.05) is 26.6 Å². The van der Waals surface area contributed by atoms with Crippen LogP contribution < -0.4 is 10.2 Å². The molecule has 0 amide bonds. The molecule has 0 saturated carbocycles. The number of carbonyl (C=O) groups is 4. The normalized spacial score (nSPS) is 16.5. The van der Waals surface area contributed by atoms with Crippen LogP contribution in [-0.4, -0.2) is 142 Å². The van der Waals surface area contributed by atoms with Crippen molar-refractivity contribution in [3.8, 4) is 0 Å². The van der Waals surface area contributed by atoms with Crippen LogP contribution in [0.1, 0.15) is 119 Å². The van der Waals surface area contributed by atoms with Crippen LogP contribution in [0.15, 0.2) is 24.3 Å². The number of rotatable bonds is 26. The average molecular weight is 699 g/mol. The summed E-state index contributed by atoms with van der Waals surface area (Å²) in [5.74, 6) is -4.77. The van der Waals surface area contributed by atoms with Crippen molar-refractivity contribution >= 4 is 61.6 Å². The average Bonchev–Trinajstić information content (AvgIpc) is 3.00. The third kappa shape index (κ3) is 16.1. The van der Waals surface area contributed by atoms with E-state index >= 15 is 0 Å². The summed E-state index contributed by atoms with van der Waals surface area (Å²) in [4.78, 5) is 46.2. The first kappa shape index (κ1) is 49.8. The van der Waals surface area contributed by atoms with Crippen LogP contribution in [0.4, 0.5) is 0 Å². The van der Waals surface area contributed by atoms with E-state index in [-0.39, 0.29) is 72.4 Å². The number of hydrogen-bond donors (Lipinski definition) is 4. The molecule has 47 heavy (non-hydrogen) atoms. The van der Waals surface area contributed by atoms with Gasteiger partial charge in [-0.1, -0.05) is 78.7 Å². The summed E-state index contributed by atoms with van der Waals surface area (Å²) in [6.07, 6.45) is 16.0. The Bertz CT molecular complexity index is 826. The second-order valence-corrected chi connectivity index (χ2v) is 11.8. The van der Waals surface area contributed by atoms with Crippen molar-refractivity contribution in [1.82, 2.24) is 0 Å². The standard InChI is InChI=1S/2C17H31NO5.Ca/c2*1-4-7-8-9-10-11-12-18(13-19,14(5-2)16(20)21)15(6-3)17(22)23;/h2*8-9,14-15,19H,4-7,10-13H2,1-3H3,(H-,20,21,22,23);/q;;+2/b2*9-8+;. The smallest absolute Gasteiger partial charge is 0.544 e. The van der Waals surface area contributed by atoms with E-state index in [9.17, 15) is 49.8 Å². The number of quaternary nitrogens is 2. The summed E-state index contributed by atoms with van der Waals surface area (Å²) in [6, 6.07) is -3.97. The van der Waals surface area contributed by atoms with E-state index in [4.69, 9.17) is 0 Å². The van der Waals surface area contributed by atoms with E-state index in [1.54, 1.807) is 27.7 Å². The van der Waals surface area contributed by atoms with Gasteiger partial charge >= 0.3 is 49.7 Å². The van der Waals surface area contributed by atoms with Crippen molar-refractivity contribution in [1.29, 1.82) is 0 Å². The van der Waals surface area contributed by atoms with Crippen LogP contribution in [0.2, 0.25) is 0 Å². The Kier molecular flexibility index (Phi) is 30.0. The number of carboxylic acid groups (broad SMARTS) is 4. The van der Waals surface area contributed by atoms with Gasteiger partial charge in [-0.15, -0.1) is 0 Å². The molecule has 0 saturated heterocycles. The minimum Gasteiger partial charge on any atom is -0.544 e. The first-order valence-corrected chi connectivity index (χ1v) is 16.9. The van der Waals surface area contributed by atoms with Gasteiger partial charge in [0.15, 0.2) is 25.5 Å². The van der Waals surface area contributed by atoms with Crippen molar-refractivity contribution in [3.05, 3.63) is 24.3 Å². The van der Waals surface area contributed by atoms with Gasteiger partial charge in [0.25, 0.3) is 0 Å². The van der Waals surface area contributed by atoms with Crippen molar-refractivity contribution in [2.24, 2.45) is 0 Å². The van der Waals surface area contributed by atoms with Crippen LogP contribution in [0.3, 0.4) is 0 Å². The van der Waals surface area contributed by atoms with E-state index in [0.29, 0.717) is 25.9 Å². The number of aliphatic carboxylic acids is 4. The Morgan fingerprint density at radius 3 is 1.02 bits per heavy atom. The van der Waals surface area contributed by atoms with Crippen molar-refractivity contribution in [2.45, 2.75) is 143 Å². The molecule has 0 fully saturated rings. The fourth-order valence-electron chi connectivity index (χ4n) is 6.40. The predicted octanol–water partition coefficient (Wildman–Crippen LogP) is 2.18. The summed E-state index contributed by atoms with van der Waals surface area (Å²) in [6.45, 7) is 10.5. The Morgan fingerprint density at radius 2 is 0.830 bits per heavy atom. The summed E-state index contributed by atoms with van der Waals surface area (Å²) >= 11 is 0. The molecule has 0 radical (unpaired) electrons. The zero-order valence-corrected chi connectivity index (χ0v) is 32.0. The van der Waals surface area contributed by atoms with E-state index in [0.717, 1.165) is 38.5 Å². The largest absolute Gasteiger partial charge is 2.00 e. The van der Waals surface area contributed by atoms with Gasteiger partial charge in [0, 0.05) is 38.5 Å². The SMILES string of the molecule is CCC/C=C/CCC[N+](CO)(C(CC)C(=O)[O-])C(CC)C(=O)O.CCC/C=C/CCC[N+](CO)(C(CC)C(=O)[O-])C(CC)C(=O)O.[Ca+2]. The van der Waals surface area contributed by atoms with Gasteiger partial charge in [0.2, 0.25) is 0 Å². The zero-order valence-electron chi connectivity index (χ0n) is 29.8. The molecule has 0 aliphatic carbocycles. The molecule has 6 atom stereocenters. The molecule has 0 heterocycles. The molecule has 0 aromatic heterocycles. The number of allylic oxidation sites excluding steroid dienone is 4. The molecular weight excluding hydrogens is 636 g/mol. The molecule has 0 aliphatic rings. The first-order valence-electron chi connectivity index (χ1n) is 16.9. The molecule has 0 aromatic carbocycles. The van der Waals surface area contributed by atoms with Crippen LogP contribution in [0.25, 0.3) is 0 Å². The third-order valence-corrected chi connectivity index (χ3v) is 8.80. The van der Waals surface area contributed by atoms with Crippen molar-refractivity contribution < 1.29 is 58.8 Å². The number of aliphatic hydroxyl groups excluding tert-OH is 2. The van der Waals surface area contributed by atoms with Crippen LogP contribution in [-0.2, 0) is 19.2 Å². The number of carbonyl (C=O) groups excluding carboxylic acids is 2.